The van der Waals surface area contributed by atoms with E-state index in [0.29, 0.717) is 16.6 Å². The number of nitrogens with zero attached hydrogens (tertiary/aromatic N) is 3. The smallest absolute Gasteiger partial charge is 0.257 e. The summed E-state index contributed by atoms with van der Waals surface area (Å²) in [7, 11) is 0. The fourth-order valence-electron chi connectivity index (χ4n) is 3.14. The Labute approximate surface area is 147 Å². The van der Waals surface area contributed by atoms with Crippen LogP contribution in [0.2, 0.25) is 5.02 Å². The summed E-state index contributed by atoms with van der Waals surface area (Å²) in [5.74, 6) is 0.0731. The molecule has 2 heterocycles. The Morgan fingerprint density at radius 2 is 2.04 bits per heavy atom. The summed E-state index contributed by atoms with van der Waals surface area (Å²) in [6.07, 6.45) is 6.44. The lowest BCUT2D eigenvalue weighted by Gasteiger charge is -2.34. The van der Waals surface area contributed by atoms with Gasteiger partial charge in [0.05, 0.1) is 17.4 Å². The molecule has 0 aliphatic carbocycles. The van der Waals surface area contributed by atoms with Gasteiger partial charge in [-0.25, -0.2) is 4.68 Å². The van der Waals surface area contributed by atoms with Crippen LogP contribution in [-0.2, 0) is 0 Å². The van der Waals surface area contributed by atoms with E-state index >= 15 is 0 Å². The molecule has 1 fully saturated rings. The summed E-state index contributed by atoms with van der Waals surface area (Å²) in [5, 5.41) is 8.38. The van der Waals surface area contributed by atoms with Crippen LogP contribution in [0.15, 0.2) is 36.7 Å². The summed E-state index contributed by atoms with van der Waals surface area (Å²) in [6.45, 7) is 4.85. The third-order valence-electron chi connectivity index (χ3n) is 4.40. The number of hydrogen-bond donors (Lipinski definition) is 1. The summed E-state index contributed by atoms with van der Waals surface area (Å²) in [6, 6.07) is 7.73. The van der Waals surface area contributed by atoms with Crippen molar-refractivity contribution in [3.8, 4) is 5.69 Å². The molecule has 0 spiro atoms. The molecule has 5 nitrogen and oxygen atoms in total. The Kier molecular flexibility index (Phi) is 5.53. The molecule has 24 heavy (non-hydrogen) atoms. The van der Waals surface area contributed by atoms with E-state index in [2.05, 4.69) is 17.3 Å². The Balaban J connectivity index is 1.78. The topological polar surface area (TPSA) is 50.2 Å². The first-order chi connectivity index (χ1) is 11.7. The van der Waals surface area contributed by atoms with Crippen LogP contribution in [0.1, 0.15) is 36.5 Å². The highest BCUT2D eigenvalue weighted by Gasteiger charge is 2.26. The molecule has 1 saturated heterocycles. The molecule has 1 N–H and O–H groups in total. The van der Waals surface area contributed by atoms with Crippen molar-refractivity contribution in [2.75, 3.05) is 19.6 Å². The van der Waals surface area contributed by atoms with Gasteiger partial charge in [0, 0.05) is 23.8 Å². The molecular weight excluding hydrogens is 324 g/mol. The van der Waals surface area contributed by atoms with E-state index in [1.165, 1.54) is 0 Å². The molecule has 128 valence electrons. The molecule has 1 aliphatic rings. The van der Waals surface area contributed by atoms with Crippen molar-refractivity contribution >= 4 is 17.5 Å². The quantitative estimate of drug-likeness (QED) is 0.904. The number of hydrogen-bond acceptors (Lipinski definition) is 3. The van der Waals surface area contributed by atoms with Gasteiger partial charge >= 0.3 is 0 Å². The maximum absolute atomic E-state index is 13.0. The number of aromatic nitrogens is 2. The van der Waals surface area contributed by atoms with Crippen LogP contribution in [0.4, 0.5) is 0 Å². The maximum atomic E-state index is 13.0. The van der Waals surface area contributed by atoms with Crippen LogP contribution >= 0.6 is 11.6 Å². The number of benzene rings is 1. The molecule has 1 aliphatic heterocycles. The van der Waals surface area contributed by atoms with Gasteiger partial charge in [-0.2, -0.15) is 5.10 Å². The predicted octanol–water partition coefficient (Wildman–Crippen LogP) is 3.13. The van der Waals surface area contributed by atoms with E-state index < -0.39 is 0 Å². The van der Waals surface area contributed by atoms with Crippen LogP contribution in [0.5, 0.6) is 0 Å². The van der Waals surface area contributed by atoms with Crippen molar-refractivity contribution in [3.05, 3.63) is 47.2 Å². The first kappa shape index (κ1) is 17.0. The van der Waals surface area contributed by atoms with Crippen molar-refractivity contribution in [3.63, 3.8) is 0 Å². The zero-order valence-electron chi connectivity index (χ0n) is 13.9. The van der Waals surface area contributed by atoms with E-state index in [1.54, 1.807) is 17.1 Å². The van der Waals surface area contributed by atoms with E-state index in [-0.39, 0.29) is 5.91 Å². The predicted molar refractivity (Wildman–Crippen MR) is 95.8 cm³/mol. The summed E-state index contributed by atoms with van der Waals surface area (Å²) in [5.41, 5.74) is 1.53. The lowest BCUT2D eigenvalue weighted by Crippen LogP contribution is -2.46. The highest BCUT2D eigenvalue weighted by atomic mass is 35.5. The van der Waals surface area contributed by atoms with Crippen molar-refractivity contribution in [2.24, 2.45) is 0 Å². The van der Waals surface area contributed by atoms with Crippen molar-refractivity contribution < 1.29 is 4.79 Å². The Morgan fingerprint density at radius 3 is 2.71 bits per heavy atom. The second-order valence-corrected chi connectivity index (χ2v) is 6.57. The first-order valence-electron chi connectivity index (χ1n) is 8.51. The van der Waals surface area contributed by atoms with Gasteiger partial charge in [0.2, 0.25) is 0 Å². The highest BCUT2D eigenvalue weighted by Crippen LogP contribution is 2.18. The minimum Gasteiger partial charge on any atom is -0.335 e. The standard InChI is InChI=1S/C18H23ClN4O/c1-2-11-22(16-7-9-20-10-8-16)18(24)14-12-21-23(13-14)17-5-3-15(19)4-6-17/h3-6,12-13,16,20H,2,7-11H2,1H3. The Hall–Kier alpha value is -1.85. The molecule has 1 aromatic heterocycles. The average molecular weight is 347 g/mol. The molecular formula is C18H23ClN4O. The molecule has 0 bridgehead atoms. The molecule has 0 radical (unpaired) electrons. The summed E-state index contributed by atoms with van der Waals surface area (Å²) < 4.78 is 1.72. The van der Waals surface area contributed by atoms with Crippen LogP contribution in [-0.4, -0.2) is 46.3 Å². The molecule has 0 saturated carbocycles. The molecule has 0 atom stereocenters. The lowest BCUT2D eigenvalue weighted by atomic mass is 10.0. The second-order valence-electron chi connectivity index (χ2n) is 6.13. The second kappa shape index (κ2) is 7.81. The number of amides is 1. The first-order valence-corrected chi connectivity index (χ1v) is 8.89. The van der Waals surface area contributed by atoms with Crippen molar-refractivity contribution in [2.45, 2.75) is 32.2 Å². The third-order valence-corrected chi connectivity index (χ3v) is 4.65. The van der Waals surface area contributed by atoms with Crippen LogP contribution in [0, 0.1) is 0 Å². The molecule has 0 unspecified atom stereocenters. The van der Waals surface area contributed by atoms with Gasteiger partial charge in [0.25, 0.3) is 5.91 Å². The molecule has 3 rings (SSSR count). The van der Waals surface area contributed by atoms with E-state index in [4.69, 9.17) is 11.6 Å². The normalized spacial score (nSPS) is 15.4. The van der Waals surface area contributed by atoms with Crippen LogP contribution in [0.25, 0.3) is 5.69 Å². The number of nitrogens with one attached hydrogen (secondary N) is 1. The van der Waals surface area contributed by atoms with Crippen molar-refractivity contribution in [1.82, 2.24) is 20.0 Å². The summed E-state index contributed by atoms with van der Waals surface area (Å²) in [4.78, 5) is 15.0. The van der Waals surface area contributed by atoms with Crippen LogP contribution in [0.3, 0.4) is 0 Å². The number of rotatable bonds is 5. The highest BCUT2D eigenvalue weighted by molar-refractivity contribution is 6.30. The average Bonchev–Trinajstić information content (AvgIpc) is 3.10. The van der Waals surface area contributed by atoms with Gasteiger partial charge in [-0.1, -0.05) is 18.5 Å². The Bertz CT molecular complexity index is 677. The van der Waals surface area contributed by atoms with Gasteiger partial charge in [0.15, 0.2) is 0 Å². The third kappa shape index (κ3) is 3.79. The summed E-state index contributed by atoms with van der Waals surface area (Å²) >= 11 is 5.92. The minimum absolute atomic E-state index is 0.0731. The van der Waals surface area contributed by atoms with Crippen LogP contribution < -0.4 is 5.32 Å². The number of carbonyl (C=O) groups is 1. The maximum Gasteiger partial charge on any atom is 0.257 e. The fourth-order valence-corrected chi connectivity index (χ4v) is 3.27. The minimum atomic E-state index is 0.0731. The van der Waals surface area contributed by atoms with Gasteiger partial charge < -0.3 is 10.2 Å². The lowest BCUT2D eigenvalue weighted by molar-refractivity contribution is 0.0642. The zero-order valence-corrected chi connectivity index (χ0v) is 14.7. The van der Waals surface area contributed by atoms with Gasteiger partial charge in [0.1, 0.15) is 0 Å². The fraction of sp³-hybridized carbons (Fsp3) is 0.444. The SMILES string of the molecule is CCCN(C(=O)c1cnn(-c2ccc(Cl)cc2)c1)C1CCNCC1. The van der Waals surface area contributed by atoms with Gasteiger partial charge in [-0.15, -0.1) is 0 Å². The van der Waals surface area contributed by atoms with Gasteiger partial charge in [-0.05, 0) is 56.6 Å². The number of carbonyl (C=O) groups excluding carboxylic acids is 1. The zero-order chi connectivity index (χ0) is 16.9. The monoisotopic (exact) mass is 346 g/mol. The molecule has 1 amide bonds. The van der Waals surface area contributed by atoms with E-state index in [0.717, 1.165) is 44.6 Å². The Morgan fingerprint density at radius 1 is 1.33 bits per heavy atom. The number of piperidine rings is 1. The molecule has 1 aromatic carbocycles. The molecule has 2 aromatic rings. The molecule has 6 heteroatoms. The van der Waals surface area contributed by atoms with E-state index in [1.807, 2.05) is 29.2 Å². The largest absolute Gasteiger partial charge is 0.335 e. The van der Waals surface area contributed by atoms with Gasteiger partial charge in [-0.3, -0.25) is 4.79 Å². The van der Waals surface area contributed by atoms with E-state index in [9.17, 15) is 4.79 Å². The van der Waals surface area contributed by atoms with Crippen molar-refractivity contribution in [1.29, 1.82) is 0 Å². The number of halogens is 1.